The SMILES string of the molecule is Brc1ccc(CN(CC#Cc2ccccc2)Cc2ccccc2)cc1. The summed E-state index contributed by atoms with van der Waals surface area (Å²) in [5.74, 6) is 6.58. The smallest absolute Gasteiger partial charge is 0.0611 e. The Morgan fingerprint density at radius 1 is 0.680 bits per heavy atom. The van der Waals surface area contributed by atoms with Crippen molar-refractivity contribution >= 4 is 15.9 Å². The number of nitrogens with zero attached hydrogens (tertiary/aromatic N) is 1. The van der Waals surface area contributed by atoms with Crippen molar-refractivity contribution in [2.24, 2.45) is 0 Å². The van der Waals surface area contributed by atoms with Crippen LogP contribution in [0.25, 0.3) is 0 Å². The number of halogens is 1. The molecule has 0 radical (unpaired) electrons. The zero-order valence-electron chi connectivity index (χ0n) is 14.0. The van der Waals surface area contributed by atoms with Gasteiger partial charge in [-0.2, -0.15) is 0 Å². The molecule has 1 nitrogen and oxygen atoms in total. The van der Waals surface area contributed by atoms with Gasteiger partial charge in [0.25, 0.3) is 0 Å². The lowest BCUT2D eigenvalue weighted by Gasteiger charge is -2.20. The van der Waals surface area contributed by atoms with Gasteiger partial charge in [-0.15, -0.1) is 0 Å². The van der Waals surface area contributed by atoms with E-state index in [2.05, 4.69) is 87.3 Å². The van der Waals surface area contributed by atoms with Gasteiger partial charge >= 0.3 is 0 Å². The van der Waals surface area contributed by atoms with E-state index in [9.17, 15) is 0 Å². The van der Waals surface area contributed by atoms with E-state index in [4.69, 9.17) is 0 Å². The van der Waals surface area contributed by atoms with Gasteiger partial charge < -0.3 is 0 Å². The van der Waals surface area contributed by atoms with Gasteiger partial charge in [-0.1, -0.05) is 88.4 Å². The quantitative estimate of drug-likeness (QED) is 0.520. The van der Waals surface area contributed by atoms with E-state index in [1.54, 1.807) is 0 Å². The summed E-state index contributed by atoms with van der Waals surface area (Å²) in [5.41, 5.74) is 3.66. The highest BCUT2D eigenvalue weighted by Gasteiger charge is 2.06. The monoisotopic (exact) mass is 389 g/mol. The highest BCUT2D eigenvalue weighted by molar-refractivity contribution is 9.10. The van der Waals surface area contributed by atoms with Crippen LogP contribution in [-0.2, 0) is 13.1 Å². The van der Waals surface area contributed by atoms with Crippen LogP contribution in [0.3, 0.4) is 0 Å². The van der Waals surface area contributed by atoms with Crippen molar-refractivity contribution in [2.75, 3.05) is 6.54 Å². The zero-order valence-corrected chi connectivity index (χ0v) is 15.6. The lowest BCUT2D eigenvalue weighted by molar-refractivity contribution is 0.290. The maximum atomic E-state index is 3.50. The van der Waals surface area contributed by atoms with E-state index in [0.29, 0.717) is 0 Å². The average molecular weight is 390 g/mol. The second-order valence-electron chi connectivity index (χ2n) is 5.93. The summed E-state index contributed by atoms with van der Waals surface area (Å²) in [6.07, 6.45) is 0. The third-order valence-electron chi connectivity index (χ3n) is 3.88. The molecular weight excluding hydrogens is 370 g/mol. The first-order valence-electron chi connectivity index (χ1n) is 8.34. The summed E-state index contributed by atoms with van der Waals surface area (Å²) in [6, 6.07) is 29.2. The highest BCUT2D eigenvalue weighted by Crippen LogP contribution is 2.14. The molecule has 3 aromatic rings. The fourth-order valence-electron chi connectivity index (χ4n) is 2.63. The van der Waals surface area contributed by atoms with E-state index >= 15 is 0 Å². The van der Waals surface area contributed by atoms with E-state index < -0.39 is 0 Å². The molecule has 0 saturated heterocycles. The Morgan fingerprint density at radius 2 is 1.24 bits per heavy atom. The Labute approximate surface area is 158 Å². The van der Waals surface area contributed by atoms with Gasteiger partial charge in [0.1, 0.15) is 0 Å². The number of hydrogen-bond acceptors (Lipinski definition) is 1. The fraction of sp³-hybridized carbons (Fsp3) is 0.130. The molecule has 124 valence electrons. The first-order chi connectivity index (χ1) is 12.3. The largest absolute Gasteiger partial charge is 0.284 e. The predicted molar refractivity (Wildman–Crippen MR) is 108 cm³/mol. The topological polar surface area (TPSA) is 3.24 Å². The van der Waals surface area contributed by atoms with Crippen molar-refractivity contribution < 1.29 is 0 Å². The van der Waals surface area contributed by atoms with E-state index in [0.717, 1.165) is 29.7 Å². The van der Waals surface area contributed by atoms with E-state index in [1.807, 2.05) is 30.3 Å². The Kier molecular flexibility index (Phi) is 6.45. The minimum Gasteiger partial charge on any atom is -0.284 e. The van der Waals surface area contributed by atoms with Gasteiger partial charge in [0.2, 0.25) is 0 Å². The molecular formula is C23H20BrN. The van der Waals surface area contributed by atoms with Crippen LogP contribution in [-0.4, -0.2) is 11.4 Å². The van der Waals surface area contributed by atoms with Crippen LogP contribution < -0.4 is 0 Å². The third-order valence-corrected chi connectivity index (χ3v) is 4.41. The normalized spacial score (nSPS) is 10.3. The Morgan fingerprint density at radius 3 is 1.88 bits per heavy atom. The molecule has 0 fully saturated rings. The highest BCUT2D eigenvalue weighted by atomic mass is 79.9. The van der Waals surface area contributed by atoms with Crippen molar-refractivity contribution in [3.05, 3.63) is 106 Å². The van der Waals surface area contributed by atoms with Crippen molar-refractivity contribution in [2.45, 2.75) is 13.1 Å². The molecule has 25 heavy (non-hydrogen) atoms. The van der Waals surface area contributed by atoms with Gasteiger partial charge in [-0.3, -0.25) is 4.90 Å². The van der Waals surface area contributed by atoms with Crippen molar-refractivity contribution in [1.82, 2.24) is 4.90 Å². The molecule has 0 saturated carbocycles. The molecule has 0 N–H and O–H groups in total. The molecule has 2 heteroatoms. The predicted octanol–water partition coefficient (Wildman–Crippen LogP) is 5.50. The molecule has 0 heterocycles. The minimum absolute atomic E-state index is 0.736. The molecule has 0 aromatic heterocycles. The minimum atomic E-state index is 0.736. The average Bonchev–Trinajstić information content (AvgIpc) is 2.65. The molecule has 0 bridgehead atoms. The van der Waals surface area contributed by atoms with Crippen LogP contribution in [0.1, 0.15) is 16.7 Å². The molecule has 0 amide bonds. The zero-order chi connectivity index (χ0) is 17.3. The number of benzene rings is 3. The van der Waals surface area contributed by atoms with Gasteiger partial charge in [0.05, 0.1) is 6.54 Å². The van der Waals surface area contributed by atoms with Crippen molar-refractivity contribution in [1.29, 1.82) is 0 Å². The molecule has 0 aliphatic carbocycles. The summed E-state index contributed by atoms with van der Waals surface area (Å²) in [4.78, 5) is 2.37. The fourth-order valence-corrected chi connectivity index (χ4v) is 2.90. The maximum Gasteiger partial charge on any atom is 0.0611 e. The molecule has 0 unspecified atom stereocenters. The molecule has 3 aromatic carbocycles. The molecule has 0 atom stereocenters. The maximum absolute atomic E-state index is 3.50. The van der Waals surface area contributed by atoms with Gasteiger partial charge in [0, 0.05) is 23.1 Å². The van der Waals surface area contributed by atoms with Crippen LogP contribution in [0, 0.1) is 11.8 Å². The summed E-state index contributed by atoms with van der Waals surface area (Å²) in [5, 5.41) is 0. The van der Waals surface area contributed by atoms with Crippen LogP contribution in [0.2, 0.25) is 0 Å². The molecule has 0 aliphatic heterocycles. The number of rotatable bonds is 5. The lowest BCUT2D eigenvalue weighted by atomic mass is 10.1. The van der Waals surface area contributed by atoms with Crippen molar-refractivity contribution in [3.63, 3.8) is 0 Å². The first-order valence-corrected chi connectivity index (χ1v) is 9.13. The van der Waals surface area contributed by atoms with Crippen LogP contribution in [0.5, 0.6) is 0 Å². The molecule has 0 aliphatic rings. The third kappa shape index (κ3) is 5.90. The van der Waals surface area contributed by atoms with Gasteiger partial charge in [-0.05, 0) is 35.4 Å². The summed E-state index contributed by atoms with van der Waals surface area (Å²) < 4.78 is 1.11. The molecule has 0 spiro atoms. The van der Waals surface area contributed by atoms with Crippen LogP contribution in [0.15, 0.2) is 89.4 Å². The second-order valence-corrected chi connectivity index (χ2v) is 6.84. The molecule has 3 rings (SSSR count). The standard InChI is InChI=1S/C23H20BrN/c24-23-15-13-22(14-16-23)19-25(18-21-10-5-2-6-11-21)17-7-12-20-8-3-1-4-9-20/h1-6,8-11,13-16H,17-19H2. The van der Waals surface area contributed by atoms with Gasteiger partial charge in [-0.25, -0.2) is 0 Å². The summed E-state index contributed by atoms with van der Waals surface area (Å²) >= 11 is 3.50. The number of hydrogen-bond donors (Lipinski definition) is 0. The first kappa shape index (κ1) is 17.5. The van der Waals surface area contributed by atoms with E-state index in [-0.39, 0.29) is 0 Å². The Hall–Kier alpha value is -2.34. The van der Waals surface area contributed by atoms with Crippen molar-refractivity contribution in [3.8, 4) is 11.8 Å². The van der Waals surface area contributed by atoms with Crippen LogP contribution >= 0.6 is 15.9 Å². The van der Waals surface area contributed by atoms with Gasteiger partial charge in [0.15, 0.2) is 0 Å². The second kappa shape index (κ2) is 9.22. The Balaban J connectivity index is 1.71. The van der Waals surface area contributed by atoms with E-state index in [1.165, 1.54) is 11.1 Å². The summed E-state index contributed by atoms with van der Waals surface area (Å²) in [6.45, 7) is 2.51. The summed E-state index contributed by atoms with van der Waals surface area (Å²) in [7, 11) is 0. The van der Waals surface area contributed by atoms with Crippen LogP contribution in [0.4, 0.5) is 0 Å². The lowest BCUT2D eigenvalue weighted by Crippen LogP contribution is -2.23. The Bertz CT molecular complexity index is 830.